The second kappa shape index (κ2) is 5.40. The number of anilines is 1. The lowest BCUT2D eigenvalue weighted by molar-refractivity contribution is -0.138. The number of nitrogens with one attached hydrogen (secondary N) is 1. The van der Waals surface area contributed by atoms with Crippen LogP contribution >= 0.6 is 11.3 Å². The zero-order valence-electron chi connectivity index (χ0n) is 9.57. The summed E-state index contributed by atoms with van der Waals surface area (Å²) in [6, 6.07) is 0. The summed E-state index contributed by atoms with van der Waals surface area (Å²) in [4.78, 5) is 0. The van der Waals surface area contributed by atoms with E-state index in [4.69, 9.17) is 0 Å². The maximum atomic E-state index is 12.3. The molecular formula is C10H14F3N3OS. The van der Waals surface area contributed by atoms with Crippen LogP contribution in [0.3, 0.4) is 0 Å². The number of hydrogen-bond acceptors (Lipinski definition) is 5. The first-order valence-electron chi connectivity index (χ1n) is 5.78. The van der Waals surface area contributed by atoms with E-state index in [0.29, 0.717) is 23.8 Å². The lowest BCUT2D eigenvalue weighted by Gasteiger charge is -2.25. The van der Waals surface area contributed by atoms with Crippen molar-refractivity contribution in [3.63, 3.8) is 0 Å². The Morgan fingerprint density at radius 2 is 1.89 bits per heavy atom. The molecule has 1 fully saturated rings. The fourth-order valence-corrected chi connectivity index (χ4v) is 2.61. The highest BCUT2D eigenvalue weighted by atomic mass is 32.1. The third kappa shape index (κ3) is 3.55. The Balaban J connectivity index is 1.82. The summed E-state index contributed by atoms with van der Waals surface area (Å²) in [5.41, 5.74) is 0. The van der Waals surface area contributed by atoms with E-state index in [0.717, 1.165) is 25.7 Å². The SMILES string of the molecule is OC1CCC(CNc2nnc(C(F)(F)F)s2)CC1. The molecule has 0 bridgehead atoms. The van der Waals surface area contributed by atoms with Crippen LogP contribution in [0.25, 0.3) is 0 Å². The third-order valence-corrected chi connectivity index (χ3v) is 3.95. The fraction of sp³-hybridized carbons (Fsp3) is 0.800. The Labute approximate surface area is 106 Å². The van der Waals surface area contributed by atoms with Gasteiger partial charge in [0, 0.05) is 6.54 Å². The van der Waals surface area contributed by atoms with Crippen LogP contribution in [0.5, 0.6) is 0 Å². The first-order valence-corrected chi connectivity index (χ1v) is 6.59. The predicted molar refractivity (Wildman–Crippen MR) is 61.4 cm³/mol. The summed E-state index contributed by atoms with van der Waals surface area (Å²) in [7, 11) is 0. The Kier molecular flexibility index (Phi) is 4.06. The van der Waals surface area contributed by atoms with Crippen molar-refractivity contribution >= 4 is 16.5 Å². The Morgan fingerprint density at radius 1 is 1.22 bits per heavy atom. The Morgan fingerprint density at radius 3 is 2.44 bits per heavy atom. The molecule has 1 aromatic heterocycles. The molecule has 0 unspecified atom stereocenters. The minimum atomic E-state index is -4.42. The zero-order chi connectivity index (χ0) is 13.2. The highest BCUT2D eigenvalue weighted by Gasteiger charge is 2.35. The first kappa shape index (κ1) is 13.5. The molecule has 0 aliphatic heterocycles. The van der Waals surface area contributed by atoms with E-state index < -0.39 is 11.2 Å². The van der Waals surface area contributed by atoms with E-state index in [1.54, 1.807) is 0 Å². The number of hydrogen-bond donors (Lipinski definition) is 2. The van der Waals surface area contributed by atoms with Crippen LogP contribution in [0.2, 0.25) is 0 Å². The van der Waals surface area contributed by atoms with Crippen LogP contribution in [-0.4, -0.2) is 28.0 Å². The molecule has 1 saturated carbocycles. The van der Waals surface area contributed by atoms with E-state index >= 15 is 0 Å². The summed E-state index contributed by atoms with van der Waals surface area (Å²) >= 11 is 0.521. The molecular weight excluding hydrogens is 267 g/mol. The second-order valence-corrected chi connectivity index (χ2v) is 5.44. The molecule has 18 heavy (non-hydrogen) atoms. The minimum Gasteiger partial charge on any atom is -0.393 e. The van der Waals surface area contributed by atoms with Crippen molar-refractivity contribution in [3.05, 3.63) is 5.01 Å². The van der Waals surface area contributed by atoms with Gasteiger partial charge in [-0.2, -0.15) is 13.2 Å². The number of aliphatic hydroxyl groups excluding tert-OH is 1. The van der Waals surface area contributed by atoms with Gasteiger partial charge >= 0.3 is 6.18 Å². The summed E-state index contributed by atoms with van der Waals surface area (Å²) in [5.74, 6) is 0.381. The Hall–Kier alpha value is -0.890. The van der Waals surface area contributed by atoms with Crippen molar-refractivity contribution in [1.29, 1.82) is 0 Å². The maximum Gasteiger partial charge on any atom is 0.445 e. The summed E-state index contributed by atoms with van der Waals surface area (Å²) < 4.78 is 36.9. The van der Waals surface area contributed by atoms with Crippen LogP contribution in [0.4, 0.5) is 18.3 Å². The zero-order valence-corrected chi connectivity index (χ0v) is 10.4. The summed E-state index contributed by atoms with van der Waals surface area (Å²) in [6.45, 7) is 0.583. The number of rotatable bonds is 3. The lowest BCUT2D eigenvalue weighted by atomic mass is 9.87. The first-order chi connectivity index (χ1) is 8.45. The molecule has 0 atom stereocenters. The van der Waals surface area contributed by atoms with Gasteiger partial charge in [-0.3, -0.25) is 0 Å². The average molecular weight is 281 g/mol. The van der Waals surface area contributed by atoms with Crippen LogP contribution in [0.15, 0.2) is 0 Å². The minimum absolute atomic E-state index is 0.202. The summed E-state index contributed by atoms with van der Waals surface area (Å²) in [6.07, 6.45) is -1.35. The number of aromatic nitrogens is 2. The molecule has 0 radical (unpaired) electrons. The third-order valence-electron chi connectivity index (χ3n) is 3.03. The highest BCUT2D eigenvalue weighted by Crippen LogP contribution is 2.33. The van der Waals surface area contributed by atoms with Gasteiger partial charge in [-0.05, 0) is 31.6 Å². The van der Waals surface area contributed by atoms with Gasteiger partial charge in [0.1, 0.15) is 0 Å². The number of nitrogens with zero attached hydrogens (tertiary/aromatic N) is 2. The van der Waals surface area contributed by atoms with Gasteiger partial charge < -0.3 is 10.4 Å². The monoisotopic (exact) mass is 281 g/mol. The molecule has 0 spiro atoms. The predicted octanol–water partition coefficient (Wildman–Crippen LogP) is 2.52. The van der Waals surface area contributed by atoms with E-state index in [2.05, 4.69) is 15.5 Å². The van der Waals surface area contributed by atoms with Crippen molar-refractivity contribution in [2.24, 2.45) is 5.92 Å². The van der Waals surface area contributed by atoms with Crippen molar-refractivity contribution < 1.29 is 18.3 Å². The highest BCUT2D eigenvalue weighted by molar-refractivity contribution is 7.15. The topological polar surface area (TPSA) is 58.0 Å². The van der Waals surface area contributed by atoms with E-state index in [1.165, 1.54) is 0 Å². The van der Waals surface area contributed by atoms with E-state index in [-0.39, 0.29) is 11.2 Å². The fourth-order valence-electron chi connectivity index (χ4n) is 1.99. The lowest BCUT2D eigenvalue weighted by Crippen LogP contribution is -2.23. The van der Waals surface area contributed by atoms with Crippen LogP contribution in [0.1, 0.15) is 30.7 Å². The van der Waals surface area contributed by atoms with Crippen LogP contribution in [0, 0.1) is 5.92 Å². The van der Waals surface area contributed by atoms with E-state index in [9.17, 15) is 18.3 Å². The molecule has 0 aromatic carbocycles. The molecule has 1 aromatic rings. The van der Waals surface area contributed by atoms with Gasteiger partial charge in [-0.15, -0.1) is 10.2 Å². The average Bonchev–Trinajstić information content (AvgIpc) is 2.77. The van der Waals surface area contributed by atoms with Crippen LogP contribution < -0.4 is 5.32 Å². The molecule has 1 aliphatic rings. The van der Waals surface area contributed by atoms with Gasteiger partial charge in [-0.25, -0.2) is 0 Å². The molecule has 2 N–H and O–H groups in total. The molecule has 102 valence electrons. The van der Waals surface area contributed by atoms with E-state index in [1.807, 2.05) is 0 Å². The standard InChI is InChI=1S/C10H14F3N3OS/c11-10(12,13)8-15-16-9(18-8)14-5-6-1-3-7(17)4-2-6/h6-7,17H,1-5H2,(H,14,16). The summed E-state index contributed by atoms with van der Waals surface area (Å²) in [5, 5.41) is 18.1. The maximum absolute atomic E-state index is 12.3. The van der Waals surface area contributed by atoms with Crippen LogP contribution in [-0.2, 0) is 6.18 Å². The Bertz CT molecular complexity index is 388. The van der Waals surface area contributed by atoms with Gasteiger partial charge in [0.15, 0.2) is 0 Å². The molecule has 8 heteroatoms. The normalized spacial score (nSPS) is 25.1. The molecule has 0 amide bonds. The van der Waals surface area contributed by atoms with Gasteiger partial charge in [0.05, 0.1) is 6.10 Å². The van der Waals surface area contributed by atoms with Crippen molar-refractivity contribution in [2.75, 3.05) is 11.9 Å². The smallest absolute Gasteiger partial charge is 0.393 e. The second-order valence-electron chi connectivity index (χ2n) is 4.47. The molecule has 1 heterocycles. The number of alkyl halides is 3. The van der Waals surface area contributed by atoms with Crippen molar-refractivity contribution in [3.8, 4) is 0 Å². The quantitative estimate of drug-likeness (QED) is 0.894. The van der Waals surface area contributed by atoms with Gasteiger partial charge in [0.2, 0.25) is 10.1 Å². The van der Waals surface area contributed by atoms with Gasteiger partial charge in [0.25, 0.3) is 0 Å². The largest absolute Gasteiger partial charge is 0.445 e. The van der Waals surface area contributed by atoms with Crippen molar-refractivity contribution in [1.82, 2.24) is 10.2 Å². The van der Waals surface area contributed by atoms with Gasteiger partial charge in [-0.1, -0.05) is 11.3 Å². The molecule has 0 saturated heterocycles. The van der Waals surface area contributed by atoms with Crippen molar-refractivity contribution in [2.45, 2.75) is 38.0 Å². The number of halogens is 3. The molecule has 4 nitrogen and oxygen atoms in total. The number of aliphatic hydroxyl groups is 1. The molecule has 2 rings (SSSR count). The molecule has 1 aliphatic carbocycles.